The number of imidazole rings is 1. The van der Waals surface area contributed by atoms with E-state index in [9.17, 15) is 13.2 Å². The van der Waals surface area contributed by atoms with Crippen molar-refractivity contribution >= 4 is 11.8 Å². The Morgan fingerprint density at radius 1 is 1.33 bits per heavy atom. The highest BCUT2D eigenvalue weighted by molar-refractivity contribution is 7.99. The quantitative estimate of drug-likeness (QED) is 0.770. The van der Waals surface area contributed by atoms with Crippen molar-refractivity contribution in [3.05, 3.63) is 36.2 Å². The van der Waals surface area contributed by atoms with Gasteiger partial charge in [0.1, 0.15) is 12.6 Å². The van der Waals surface area contributed by atoms with E-state index in [4.69, 9.17) is 4.74 Å². The van der Waals surface area contributed by atoms with Gasteiger partial charge >= 0.3 is 6.18 Å². The van der Waals surface area contributed by atoms with Crippen LogP contribution in [0.2, 0.25) is 0 Å². The number of alkyl halides is 3. The average Bonchev–Trinajstić information content (AvgIpc) is 2.86. The Morgan fingerprint density at radius 3 is 2.71 bits per heavy atom. The Labute approximate surface area is 125 Å². The molecule has 3 nitrogen and oxygen atoms in total. The van der Waals surface area contributed by atoms with Crippen LogP contribution in [0.3, 0.4) is 0 Å². The summed E-state index contributed by atoms with van der Waals surface area (Å²) in [6.07, 6.45) is -1.35. The van der Waals surface area contributed by atoms with Crippen LogP contribution in [-0.4, -0.2) is 22.4 Å². The topological polar surface area (TPSA) is 27.1 Å². The number of methoxy groups -OCH3 is 1. The predicted octanol–water partition coefficient (Wildman–Crippen LogP) is 4.28. The zero-order chi connectivity index (χ0) is 15.5. The first kappa shape index (κ1) is 15.9. The zero-order valence-corrected chi connectivity index (χ0v) is 12.5. The van der Waals surface area contributed by atoms with Gasteiger partial charge in [0.2, 0.25) is 0 Å². The van der Waals surface area contributed by atoms with E-state index in [1.165, 1.54) is 31.1 Å². The third-order valence-electron chi connectivity index (χ3n) is 2.84. The van der Waals surface area contributed by atoms with Gasteiger partial charge < -0.3 is 9.30 Å². The smallest absolute Gasteiger partial charge is 0.364 e. The lowest BCUT2D eigenvalue weighted by Gasteiger charge is -2.17. The number of rotatable bonds is 5. The van der Waals surface area contributed by atoms with Gasteiger partial charge in [-0.2, -0.15) is 13.2 Å². The molecular formula is C14H15F3N2OS. The molecule has 0 spiro atoms. The van der Waals surface area contributed by atoms with E-state index in [2.05, 4.69) is 4.98 Å². The van der Waals surface area contributed by atoms with E-state index in [1.807, 2.05) is 6.92 Å². The van der Waals surface area contributed by atoms with Crippen molar-refractivity contribution in [1.29, 1.82) is 0 Å². The Balaban J connectivity index is 2.66. The van der Waals surface area contributed by atoms with Crippen molar-refractivity contribution in [3.63, 3.8) is 0 Å². The maximum atomic E-state index is 13.3. The predicted molar refractivity (Wildman–Crippen MR) is 76.1 cm³/mol. The number of hydrogen-bond acceptors (Lipinski definition) is 3. The van der Waals surface area contributed by atoms with Gasteiger partial charge in [0.15, 0.2) is 0 Å². The lowest BCUT2D eigenvalue weighted by Crippen LogP contribution is -2.11. The first-order valence-corrected chi connectivity index (χ1v) is 7.31. The van der Waals surface area contributed by atoms with Crippen molar-refractivity contribution < 1.29 is 17.9 Å². The molecule has 114 valence electrons. The molecule has 0 aliphatic rings. The normalized spacial score (nSPS) is 11.9. The van der Waals surface area contributed by atoms with Crippen LogP contribution in [0.5, 0.6) is 0 Å². The van der Waals surface area contributed by atoms with Gasteiger partial charge in [-0.3, -0.25) is 0 Å². The molecule has 1 aromatic heterocycles. The molecule has 1 aromatic carbocycles. The van der Waals surface area contributed by atoms with Gasteiger partial charge in [-0.15, -0.1) is 11.8 Å². The molecule has 0 unspecified atom stereocenters. The number of aromatic nitrogens is 2. The van der Waals surface area contributed by atoms with E-state index in [1.54, 1.807) is 16.8 Å². The highest BCUT2D eigenvalue weighted by Gasteiger charge is 2.35. The molecule has 21 heavy (non-hydrogen) atoms. The standard InChI is InChI=1S/C14H15F3N2OS/c1-3-21-11-6-4-5-10(14(15,16)17)12(11)13-18-7-8-19(13)9-20-2/h4-8H,3,9H2,1-2H3. The highest BCUT2D eigenvalue weighted by atomic mass is 32.2. The Bertz CT molecular complexity index is 611. The lowest BCUT2D eigenvalue weighted by molar-refractivity contribution is -0.137. The summed E-state index contributed by atoms with van der Waals surface area (Å²) < 4.78 is 46.5. The van der Waals surface area contributed by atoms with Gasteiger partial charge in [-0.25, -0.2) is 4.98 Å². The fourth-order valence-electron chi connectivity index (χ4n) is 2.05. The van der Waals surface area contributed by atoms with Gasteiger partial charge in [-0.1, -0.05) is 13.0 Å². The van der Waals surface area contributed by atoms with E-state index in [0.717, 1.165) is 6.07 Å². The van der Waals surface area contributed by atoms with Crippen LogP contribution in [0.15, 0.2) is 35.5 Å². The second kappa shape index (κ2) is 6.53. The first-order chi connectivity index (χ1) is 9.99. The van der Waals surface area contributed by atoms with Crippen LogP contribution in [0.4, 0.5) is 13.2 Å². The molecule has 1 heterocycles. The monoisotopic (exact) mass is 316 g/mol. The Hall–Kier alpha value is -1.47. The summed E-state index contributed by atoms with van der Waals surface area (Å²) in [7, 11) is 1.49. The summed E-state index contributed by atoms with van der Waals surface area (Å²) >= 11 is 1.36. The summed E-state index contributed by atoms with van der Waals surface area (Å²) in [6, 6.07) is 4.19. The van der Waals surface area contributed by atoms with Crippen LogP contribution >= 0.6 is 11.8 Å². The van der Waals surface area contributed by atoms with Gasteiger partial charge in [-0.05, 0) is 17.9 Å². The summed E-state index contributed by atoms with van der Waals surface area (Å²) in [4.78, 5) is 4.66. The van der Waals surface area contributed by atoms with Crippen molar-refractivity contribution in [2.75, 3.05) is 12.9 Å². The molecule has 0 saturated carbocycles. The fraction of sp³-hybridized carbons (Fsp3) is 0.357. The number of ether oxygens (including phenoxy) is 1. The maximum absolute atomic E-state index is 13.3. The van der Waals surface area contributed by atoms with E-state index in [0.29, 0.717) is 10.6 Å². The molecule has 0 bridgehead atoms. The second-order valence-corrected chi connectivity index (χ2v) is 5.55. The third-order valence-corrected chi connectivity index (χ3v) is 3.78. The van der Waals surface area contributed by atoms with Crippen molar-refractivity contribution in [1.82, 2.24) is 9.55 Å². The lowest BCUT2D eigenvalue weighted by atomic mass is 10.1. The molecular weight excluding hydrogens is 301 g/mol. The molecule has 0 saturated heterocycles. The summed E-state index contributed by atoms with van der Waals surface area (Å²) in [5.74, 6) is 0.944. The molecule has 0 aliphatic heterocycles. The van der Waals surface area contributed by atoms with Crippen LogP contribution in [0, 0.1) is 0 Å². The summed E-state index contributed by atoms with van der Waals surface area (Å²) in [5.41, 5.74) is -0.566. The minimum atomic E-state index is -4.43. The maximum Gasteiger partial charge on any atom is 0.417 e. The second-order valence-electron chi connectivity index (χ2n) is 4.25. The Morgan fingerprint density at radius 2 is 2.10 bits per heavy atom. The highest BCUT2D eigenvalue weighted by Crippen LogP contribution is 2.41. The van der Waals surface area contributed by atoms with Crippen molar-refractivity contribution in [3.8, 4) is 11.4 Å². The minimum absolute atomic E-state index is 0.110. The van der Waals surface area contributed by atoms with Crippen LogP contribution in [0.1, 0.15) is 12.5 Å². The van der Waals surface area contributed by atoms with Gasteiger partial charge in [0, 0.05) is 30.0 Å². The molecule has 0 radical (unpaired) electrons. The van der Waals surface area contributed by atoms with Crippen molar-refractivity contribution in [2.24, 2.45) is 0 Å². The molecule has 0 amide bonds. The average molecular weight is 316 g/mol. The Kier molecular flexibility index (Phi) is 4.95. The van der Waals surface area contributed by atoms with Gasteiger partial charge in [0.05, 0.1) is 5.56 Å². The van der Waals surface area contributed by atoms with Crippen LogP contribution < -0.4 is 0 Å². The molecule has 0 atom stereocenters. The first-order valence-electron chi connectivity index (χ1n) is 6.32. The van der Waals surface area contributed by atoms with Crippen LogP contribution in [0.25, 0.3) is 11.4 Å². The summed E-state index contributed by atoms with van der Waals surface area (Å²) in [5, 5.41) is 0. The fourth-order valence-corrected chi connectivity index (χ4v) is 2.89. The van der Waals surface area contributed by atoms with Crippen molar-refractivity contribution in [2.45, 2.75) is 24.7 Å². The molecule has 0 N–H and O–H groups in total. The largest absolute Gasteiger partial charge is 0.417 e. The zero-order valence-electron chi connectivity index (χ0n) is 11.6. The number of halogens is 3. The van der Waals surface area contributed by atoms with Gasteiger partial charge in [0.25, 0.3) is 0 Å². The molecule has 2 aromatic rings. The third kappa shape index (κ3) is 3.41. The summed E-state index contributed by atoms with van der Waals surface area (Å²) in [6.45, 7) is 2.05. The number of benzene rings is 1. The number of hydrogen-bond donors (Lipinski definition) is 0. The molecule has 2 rings (SSSR count). The number of nitrogens with zero attached hydrogens (tertiary/aromatic N) is 2. The van der Waals surface area contributed by atoms with E-state index < -0.39 is 11.7 Å². The number of thioether (sulfide) groups is 1. The SMILES string of the molecule is CCSc1cccc(C(F)(F)F)c1-c1nccn1COC. The van der Waals surface area contributed by atoms with E-state index in [-0.39, 0.29) is 18.1 Å². The van der Waals surface area contributed by atoms with Crippen LogP contribution in [-0.2, 0) is 17.6 Å². The minimum Gasteiger partial charge on any atom is -0.364 e. The molecule has 0 fully saturated rings. The molecule has 0 aliphatic carbocycles. The van der Waals surface area contributed by atoms with E-state index >= 15 is 0 Å². The molecule has 7 heteroatoms.